The van der Waals surface area contributed by atoms with Gasteiger partial charge in [0.05, 0.1) is 0 Å². The number of allylic oxidation sites excluding steroid dienone is 4. The van der Waals surface area contributed by atoms with Gasteiger partial charge in [-0.2, -0.15) is 6.08 Å². The quantitative estimate of drug-likeness (QED) is 0.473. The first-order chi connectivity index (χ1) is 2.50. The third-order valence-electron chi connectivity index (χ3n) is 0.586. The minimum Gasteiger partial charge on any atom is -0.358 e. The SMILES string of the molecule is Cl.Cl.[C-]1=CC=CC1.[CH3-].[Hf]. The molecule has 0 amide bonds. The maximum atomic E-state index is 2.99. The predicted octanol–water partition coefficient (Wildman–Crippen LogP) is 2.60. The Morgan fingerprint density at radius 3 is 1.89 bits per heavy atom. The molecule has 0 N–H and O–H groups in total. The molecule has 0 bridgehead atoms. The zero-order chi connectivity index (χ0) is 3.54. The molecule has 0 nitrogen and oxygen atoms in total. The van der Waals surface area contributed by atoms with Gasteiger partial charge in [-0.1, -0.05) is 0 Å². The molecule has 9 heavy (non-hydrogen) atoms. The summed E-state index contributed by atoms with van der Waals surface area (Å²) in [4.78, 5) is 0. The fourth-order valence-electron chi connectivity index (χ4n) is 0.340. The minimum absolute atomic E-state index is 0. The number of hydrogen-bond acceptors (Lipinski definition) is 0. The normalized spacial score (nSPS) is 9.78. The first-order valence-corrected chi connectivity index (χ1v) is 1.72. The Morgan fingerprint density at radius 1 is 1.22 bits per heavy atom. The van der Waals surface area contributed by atoms with Gasteiger partial charge >= 0.3 is 0 Å². The summed E-state index contributed by atoms with van der Waals surface area (Å²) in [7, 11) is 0. The third-order valence-corrected chi connectivity index (χ3v) is 0.586. The molecule has 0 radical (unpaired) electrons. The molecule has 3 heteroatoms. The van der Waals surface area contributed by atoms with Crippen LogP contribution >= 0.6 is 24.8 Å². The average molecular weight is 332 g/mol. The zero-order valence-corrected chi connectivity index (χ0v) is 10.5. The molecule has 0 unspecified atom stereocenters. The van der Waals surface area contributed by atoms with Crippen LogP contribution in [0.4, 0.5) is 0 Å². The van der Waals surface area contributed by atoms with E-state index in [0.717, 1.165) is 6.42 Å². The maximum Gasteiger partial charge on any atom is 0 e. The van der Waals surface area contributed by atoms with E-state index in [9.17, 15) is 0 Å². The summed E-state index contributed by atoms with van der Waals surface area (Å²) in [5.74, 6) is 0. The Morgan fingerprint density at radius 2 is 1.78 bits per heavy atom. The molecular formula is C6H10Cl2Hf-2. The molecule has 0 saturated carbocycles. The van der Waals surface area contributed by atoms with Gasteiger partial charge in [0, 0.05) is 25.8 Å². The summed E-state index contributed by atoms with van der Waals surface area (Å²) < 4.78 is 0. The van der Waals surface area contributed by atoms with E-state index < -0.39 is 0 Å². The Hall–Kier alpha value is 0.930. The smallest absolute Gasteiger partial charge is 0 e. The predicted molar refractivity (Wildman–Crippen MR) is 42.5 cm³/mol. The Balaban J connectivity index is -0.0000000312. The van der Waals surface area contributed by atoms with E-state index in [4.69, 9.17) is 0 Å². The molecule has 0 spiro atoms. The second-order valence-corrected chi connectivity index (χ2v) is 1.00. The van der Waals surface area contributed by atoms with Crippen molar-refractivity contribution in [3.05, 3.63) is 31.7 Å². The number of hydrogen-bond donors (Lipinski definition) is 0. The fraction of sp³-hybridized carbons (Fsp3) is 0.167. The van der Waals surface area contributed by atoms with Crippen LogP contribution in [0.1, 0.15) is 6.42 Å². The summed E-state index contributed by atoms with van der Waals surface area (Å²) >= 11 is 0. The van der Waals surface area contributed by atoms with Gasteiger partial charge in [-0.3, -0.25) is 6.08 Å². The van der Waals surface area contributed by atoms with Crippen molar-refractivity contribution < 1.29 is 25.8 Å². The van der Waals surface area contributed by atoms with Crippen LogP contribution in [0.2, 0.25) is 0 Å². The second-order valence-electron chi connectivity index (χ2n) is 1.00. The van der Waals surface area contributed by atoms with Crippen LogP contribution in [-0.2, 0) is 25.8 Å². The van der Waals surface area contributed by atoms with Gasteiger partial charge in [-0.05, 0) is 0 Å². The first-order valence-electron chi connectivity index (χ1n) is 1.72. The van der Waals surface area contributed by atoms with Gasteiger partial charge in [-0.25, -0.2) is 12.2 Å². The number of halogens is 2. The van der Waals surface area contributed by atoms with E-state index >= 15 is 0 Å². The van der Waals surface area contributed by atoms with Crippen LogP contribution in [0.15, 0.2) is 18.2 Å². The van der Waals surface area contributed by atoms with Crippen molar-refractivity contribution in [3.8, 4) is 0 Å². The summed E-state index contributed by atoms with van der Waals surface area (Å²) in [5, 5.41) is 0. The van der Waals surface area contributed by atoms with E-state index in [1.807, 2.05) is 12.2 Å². The molecule has 0 heterocycles. The Kier molecular flexibility index (Phi) is 40.0. The van der Waals surface area contributed by atoms with Gasteiger partial charge in [0.15, 0.2) is 0 Å². The molecule has 54 valence electrons. The maximum absolute atomic E-state index is 2.99. The van der Waals surface area contributed by atoms with Crippen molar-refractivity contribution in [2.75, 3.05) is 0 Å². The van der Waals surface area contributed by atoms with Crippen LogP contribution in [0.5, 0.6) is 0 Å². The van der Waals surface area contributed by atoms with Crippen molar-refractivity contribution >= 4 is 24.8 Å². The molecular weight excluding hydrogens is 321 g/mol. The summed E-state index contributed by atoms with van der Waals surface area (Å²) in [6, 6.07) is 0. The molecule has 0 aromatic rings. The molecule has 0 atom stereocenters. The van der Waals surface area contributed by atoms with Crippen molar-refractivity contribution in [2.45, 2.75) is 6.42 Å². The molecule has 0 saturated heterocycles. The molecule has 0 aromatic carbocycles. The van der Waals surface area contributed by atoms with E-state index in [-0.39, 0.29) is 58.1 Å². The second kappa shape index (κ2) is 16.0. The van der Waals surface area contributed by atoms with Crippen molar-refractivity contribution in [1.82, 2.24) is 0 Å². The molecule has 0 fully saturated rings. The first kappa shape index (κ1) is 22.5. The molecule has 0 aliphatic heterocycles. The van der Waals surface area contributed by atoms with Crippen LogP contribution in [0.3, 0.4) is 0 Å². The van der Waals surface area contributed by atoms with Gasteiger partial charge in [0.2, 0.25) is 0 Å². The summed E-state index contributed by atoms with van der Waals surface area (Å²) in [6.45, 7) is 0. The third kappa shape index (κ3) is 12.2. The van der Waals surface area contributed by atoms with Crippen LogP contribution in [0.25, 0.3) is 0 Å². The molecule has 1 aliphatic rings. The van der Waals surface area contributed by atoms with Crippen molar-refractivity contribution in [3.63, 3.8) is 0 Å². The minimum atomic E-state index is 0. The summed E-state index contributed by atoms with van der Waals surface area (Å²) in [6.07, 6.45) is 10.0. The van der Waals surface area contributed by atoms with Gasteiger partial charge < -0.3 is 7.43 Å². The van der Waals surface area contributed by atoms with Gasteiger partial charge in [-0.15, -0.1) is 31.2 Å². The van der Waals surface area contributed by atoms with Gasteiger partial charge in [0.1, 0.15) is 0 Å². The fourth-order valence-corrected chi connectivity index (χ4v) is 0.340. The molecule has 0 aromatic heterocycles. The van der Waals surface area contributed by atoms with E-state index in [0.29, 0.717) is 0 Å². The van der Waals surface area contributed by atoms with Crippen molar-refractivity contribution in [1.29, 1.82) is 0 Å². The van der Waals surface area contributed by atoms with Gasteiger partial charge in [0.25, 0.3) is 0 Å². The topological polar surface area (TPSA) is 0 Å². The molecule has 1 rings (SSSR count). The zero-order valence-electron chi connectivity index (χ0n) is 5.26. The van der Waals surface area contributed by atoms with Crippen LogP contribution in [0, 0.1) is 13.5 Å². The van der Waals surface area contributed by atoms with Crippen LogP contribution < -0.4 is 0 Å². The van der Waals surface area contributed by atoms with E-state index in [2.05, 4.69) is 12.2 Å². The summed E-state index contributed by atoms with van der Waals surface area (Å²) in [5.41, 5.74) is 0. The molecule has 1 aliphatic carbocycles. The standard InChI is InChI=1S/C5H5.CH3.2ClH.Hf/c1-2-4-5-3-1;;;;/h1-3H,4H2;1H3;2*1H;/q2*-1;;;. The largest absolute Gasteiger partial charge is 0.358 e. The average Bonchev–Trinajstić information content (AvgIpc) is 1.76. The van der Waals surface area contributed by atoms with Crippen molar-refractivity contribution in [2.24, 2.45) is 0 Å². The Labute approximate surface area is 88.4 Å². The monoisotopic (exact) mass is 332 g/mol. The Bertz CT molecular complexity index is 69.1. The van der Waals surface area contributed by atoms with E-state index in [1.165, 1.54) is 0 Å². The van der Waals surface area contributed by atoms with Crippen LogP contribution in [-0.4, -0.2) is 0 Å². The number of rotatable bonds is 0. The van der Waals surface area contributed by atoms with E-state index in [1.54, 1.807) is 0 Å².